The fourth-order valence-corrected chi connectivity index (χ4v) is 2.35. The molecule has 0 aliphatic carbocycles. The number of halogens is 3. The van der Waals surface area contributed by atoms with Crippen molar-refractivity contribution in [3.63, 3.8) is 0 Å². The first kappa shape index (κ1) is 15.8. The molecule has 0 unspecified atom stereocenters. The zero-order chi connectivity index (χ0) is 15.8. The van der Waals surface area contributed by atoms with E-state index in [2.05, 4.69) is 35.6 Å². The number of nitrogen functional groups attached to an aromatic ring is 1. The first-order chi connectivity index (χ1) is 9.57. The van der Waals surface area contributed by atoms with Crippen LogP contribution in [-0.2, 0) is 6.18 Å². The van der Waals surface area contributed by atoms with Crippen LogP contribution in [0, 0.1) is 0 Å². The molecule has 2 rings (SSSR count). The van der Waals surface area contributed by atoms with Gasteiger partial charge < -0.3 is 10.6 Å². The molecule has 0 aromatic carbocycles. The lowest BCUT2D eigenvalue weighted by Gasteiger charge is -2.42. The summed E-state index contributed by atoms with van der Waals surface area (Å²) in [6.45, 7) is 9.13. The van der Waals surface area contributed by atoms with Crippen molar-refractivity contribution in [3.8, 4) is 0 Å². The van der Waals surface area contributed by atoms with Gasteiger partial charge >= 0.3 is 6.18 Å². The molecule has 1 aromatic rings. The molecule has 21 heavy (non-hydrogen) atoms. The molecule has 0 amide bonds. The predicted octanol–water partition coefficient (Wildman–Crippen LogP) is 2.00. The van der Waals surface area contributed by atoms with Crippen molar-refractivity contribution in [1.82, 2.24) is 14.9 Å². The van der Waals surface area contributed by atoms with Crippen LogP contribution < -0.4 is 10.6 Å². The molecule has 0 bridgehead atoms. The first-order valence-electron chi connectivity index (χ1n) is 6.79. The molecule has 2 N–H and O–H groups in total. The highest BCUT2D eigenvalue weighted by Gasteiger charge is 2.36. The standard InChI is InChI=1S/C13H20F3N5/c1-12(2,3)21-6-4-20(5-7-21)10-8-9(17)18-11(19-10)13(14,15)16/h8H,4-7H2,1-3H3,(H2,17,18,19). The Morgan fingerprint density at radius 2 is 1.62 bits per heavy atom. The summed E-state index contributed by atoms with van der Waals surface area (Å²) >= 11 is 0. The average Bonchev–Trinajstić information content (AvgIpc) is 2.36. The van der Waals surface area contributed by atoms with E-state index in [-0.39, 0.29) is 17.2 Å². The summed E-state index contributed by atoms with van der Waals surface area (Å²) in [7, 11) is 0. The van der Waals surface area contributed by atoms with Gasteiger partial charge in [-0.05, 0) is 20.8 Å². The molecule has 1 aliphatic rings. The van der Waals surface area contributed by atoms with Crippen LogP contribution in [0.3, 0.4) is 0 Å². The van der Waals surface area contributed by atoms with Crippen LogP contribution in [-0.4, -0.2) is 46.6 Å². The topological polar surface area (TPSA) is 58.3 Å². The number of hydrogen-bond donors (Lipinski definition) is 1. The average molecular weight is 303 g/mol. The molecule has 0 saturated carbocycles. The largest absolute Gasteiger partial charge is 0.451 e. The van der Waals surface area contributed by atoms with Gasteiger partial charge in [0.05, 0.1) is 0 Å². The zero-order valence-electron chi connectivity index (χ0n) is 12.4. The summed E-state index contributed by atoms with van der Waals surface area (Å²) in [6, 6.07) is 1.39. The van der Waals surface area contributed by atoms with E-state index < -0.39 is 12.0 Å². The maximum atomic E-state index is 12.7. The number of nitrogens with zero attached hydrogens (tertiary/aromatic N) is 4. The first-order valence-corrected chi connectivity index (χ1v) is 6.79. The van der Waals surface area contributed by atoms with Crippen LogP contribution in [0.2, 0.25) is 0 Å². The number of aromatic nitrogens is 2. The van der Waals surface area contributed by atoms with E-state index in [0.717, 1.165) is 13.1 Å². The molecular weight excluding hydrogens is 283 g/mol. The third-order valence-corrected chi connectivity index (χ3v) is 3.54. The van der Waals surface area contributed by atoms with Crippen LogP contribution in [0.15, 0.2) is 6.07 Å². The fourth-order valence-electron chi connectivity index (χ4n) is 2.35. The summed E-state index contributed by atoms with van der Waals surface area (Å²) in [5, 5.41) is 0. The Bertz CT molecular complexity index is 502. The maximum absolute atomic E-state index is 12.7. The molecule has 118 valence electrons. The third kappa shape index (κ3) is 3.75. The van der Waals surface area contributed by atoms with E-state index in [9.17, 15) is 13.2 Å². The zero-order valence-corrected chi connectivity index (χ0v) is 12.4. The molecule has 8 heteroatoms. The van der Waals surface area contributed by atoms with Gasteiger partial charge in [0.25, 0.3) is 0 Å². The molecule has 0 spiro atoms. The number of anilines is 2. The molecular formula is C13H20F3N5. The molecule has 1 aliphatic heterocycles. The van der Waals surface area contributed by atoms with Crippen molar-refractivity contribution < 1.29 is 13.2 Å². The smallest absolute Gasteiger partial charge is 0.384 e. The Morgan fingerprint density at radius 1 is 1.05 bits per heavy atom. The molecule has 5 nitrogen and oxygen atoms in total. The molecule has 0 radical (unpaired) electrons. The van der Waals surface area contributed by atoms with Crippen molar-refractivity contribution in [1.29, 1.82) is 0 Å². The Hall–Kier alpha value is -1.57. The molecule has 1 saturated heterocycles. The van der Waals surface area contributed by atoms with Gasteiger partial charge in [0.2, 0.25) is 5.82 Å². The van der Waals surface area contributed by atoms with Crippen LogP contribution >= 0.6 is 0 Å². The Morgan fingerprint density at radius 3 is 2.10 bits per heavy atom. The van der Waals surface area contributed by atoms with Gasteiger partial charge in [-0.1, -0.05) is 0 Å². The third-order valence-electron chi connectivity index (χ3n) is 3.54. The summed E-state index contributed by atoms with van der Waals surface area (Å²) in [4.78, 5) is 11.0. The summed E-state index contributed by atoms with van der Waals surface area (Å²) in [6.07, 6.45) is -4.59. The van der Waals surface area contributed by atoms with Gasteiger partial charge in [-0.15, -0.1) is 0 Å². The van der Waals surface area contributed by atoms with Crippen molar-refractivity contribution in [3.05, 3.63) is 11.9 Å². The Labute approximate surface area is 122 Å². The maximum Gasteiger partial charge on any atom is 0.451 e. The van der Waals surface area contributed by atoms with Crippen LogP contribution in [0.1, 0.15) is 26.6 Å². The van der Waals surface area contributed by atoms with Gasteiger partial charge in [-0.25, -0.2) is 9.97 Å². The minimum Gasteiger partial charge on any atom is -0.384 e. The lowest BCUT2D eigenvalue weighted by atomic mass is 10.1. The highest BCUT2D eigenvalue weighted by atomic mass is 19.4. The van der Waals surface area contributed by atoms with Crippen molar-refractivity contribution >= 4 is 11.6 Å². The van der Waals surface area contributed by atoms with E-state index in [4.69, 9.17) is 5.73 Å². The fraction of sp³-hybridized carbons (Fsp3) is 0.692. The second-order valence-electron chi connectivity index (χ2n) is 6.12. The van der Waals surface area contributed by atoms with E-state index in [1.807, 2.05) is 4.90 Å². The second-order valence-corrected chi connectivity index (χ2v) is 6.12. The highest BCUT2D eigenvalue weighted by molar-refractivity contribution is 5.47. The van der Waals surface area contributed by atoms with Crippen molar-refractivity contribution in [2.45, 2.75) is 32.5 Å². The number of nitrogens with two attached hydrogens (primary N) is 1. The quantitative estimate of drug-likeness (QED) is 0.860. The minimum atomic E-state index is -4.59. The van der Waals surface area contributed by atoms with Gasteiger partial charge in [-0.3, -0.25) is 4.90 Å². The van der Waals surface area contributed by atoms with Crippen LogP contribution in [0.4, 0.5) is 24.8 Å². The minimum absolute atomic E-state index is 0.0495. The van der Waals surface area contributed by atoms with Gasteiger partial charge in [0.1, 0.15) is 11.6 Å². The van der Waals surface area contributed by atoms with E-state index in [1.54, 1.807) is 0 Å². The van der Waals surface area contributed by atoms with E-state index in [1.165, 1.54) is 6.07 Å². The monoisotopic (exact) mass is 303 g/mol. The van der Waals surface area contributed by atoms with Crippen LogP contribution in [0.25, 0.3) is 0 Å². The second kappa shape index (κ2) is 5.32. The number of alkyl halides is 3. The molecule has 0 atom stereocenters. The van der Waals surface area contributed by atoms with Gasteiger partial charge in [0, 0.05) is 37.8 Å². The van der Waals surface area contributed by atoms with Crippen molar-refractivity contribution in [2.75, 3.05) is 36.8 Å². The molecule has 1 fully saturated rings. The van der Waals surface area contributed by atoms with Crippen molar-refractivity contribution in [2.24, 2.45) is 0 Å². The number of hydrogen-bond acceptors (Lipinski definition) is 5. The Kier molecular flexibility index (Phi) is 4.01. The van der Waals surface area contributed by atoms with Gasteiger partial charge in [0.15, 0.2) is 0 Å². The summed E-state index contributed by atoms with van der Waals surface area (Å²) in [5.41, 5.74) is 5.52. The highest BCUT2D eigenvalue weighted by Crippen LogP contribution is 2.29. The SMILES string of the molecule is CC(C)(C)N1CCN(c2cc(N)nc(C(F)(F)F)n2)CC1. The number of piperazine rings is 1. The Balaban J connectivity index is 2.16. The lowest BCUT2D eigenvalue weighted by molar-refractivity contribution is -0.144. The molecule has 1 aromatic heterocycles. The summed E-state index contributed by atoms with van der Waals surface area (Å²) < 4.78 is 38.2. The normalized spacial score (nSPS) is 18.1. The predicted molar refractivity (Wildman–Crippen MR) is 75.0 cm³/mol. The van der Waals surface area contributed by atoms with Gasteiger partial charge in [-0.2, -0.15) is 13.2 Å². The summed E-state index contributed by atoms with van der Waals surface area (Å²) in [5.74, 6) is -1.11. The number of rotatable bonds is 1. The van der Waals surface area contributed by atoms with E-state index >= 15 is 0 Å². The van der Waals surface area contributed by atoms with Crippen LogP contribution in [0.5, 0.6) is 0 Å². The van der Waals surface area contributed by atoms with E-state index in [0.29, 0.717) is 13.1 Å². The molecule has 2 heterocycles. The lowest BCUT2D eigenvalue weighted by Crippen LogP contribution is -2.53.